The Morgan fingerprint density at radius 1 is 0.939 bits per heavy atom. The molecule has 1 aliphatic rings. The smallest absolute Gasteiger partial charge is 0.289 e. The van der Waals surface area contributed by atoms with Gasteiger partial charge >= 0.3 is 0 Å². The number of hydrogen-bond donors (Lipinski definition) is 1. The van der Waals surface area contributed by atoms with Crippen molar-refractivity contribution in [3.05, 3.63) is 69.8 Å². The van der Waals surface area contributed by atoms with E-state index in [1.54, 1.807) is 24.3 Å². The minimum atomic E-state index is -3.97. The molecule has 0 saturated heterocycles. The predicted octanol–water partition coefficient (Wildman–Crippen LogP) is 2.27. The van der Waals surface area contributed by atoms with Crippen LogP contribution in [-0.4, -0.2) is 68.2 Å². The van der Waals surface area contributed by atoms with Crippen LogP contribution in [0.3, 0.4) is 0 Å². The number of carbonyl (C=O) groups is 2. The lowest BCUT2D eigenvalue weighted by Crippen LogP contribution is -2.33. The third-order valence-electron chi connectivity index (χ3n) is 5.41. The molecule has 0 aromatic heterocycles. The van der Waals surface area contributed by atoms with E-state index in [1.807, 2.05) is 7.05 Å². The maximum Gasteiger partial charge on any atom is 0.289 e. The van der Waals surface area contributed by atoms with Crippen LogP contribution >= 0.6 is 0 Å². The summed E-state index contributed by atoms with van der Waals surface area (Å²) in [4.78, 5) is 38.0. The lowest BCUT2D eigenvalue weighted by atomic mass is 10.1. The molecule has 0 atom stereocenters. The zero-order chi connectivity index (χ0) is 24.0. The summed E-state index contributed by atoms with van der Waals surface area (Å²) in [6, 6.07) is 12.0. The number of sulfonamides is 1. The van der Waals surface area contributed by atoms with E-state index in [1.165, 1.54) is 23.1 Å². The normalized spacial score (nSPS) is 13.6. The first-order chi connectivity index (χ1) is 15.7. The number of rotatable bonds is 12. The zero-order valence-electron chi connectivity index (χ0n) is 18.3. The number of nitro benzene ring substituents is 1. The van der Waals surface area contributed by atoms with Gasteiger partial charge in [-0.25, -0.2) is 13.1 Å². The van der Waals surface area contributed by atoms with Gasteiger partial charge in [-0.1, -0.05) is 24.3 Å². The Labute approximate surface area is 192 Å². The van der Waals surface area contributed by atoms with E-state index in [2.05, 4.69) is 9.62 Å². The van der Waals surface area contributed by atoms with Gasteiger partial charge in [-0.3, -0.25) is 24.6 Å². The van der Waals surface area contributed by atoms with Gasteiger partial charge in [-0.2, -0.15) is 0 Å². The molecule has 3 rings (SSSR count). The molecule has 0 bridgehead atoms. The topological polar surface area (TPSA) is 130 Å². The summed E-state index contributed by atoms with van der Waals surface area (Å²) >= 11 is 0. The lowest BCUT2D eigenvalue weighted by molar-refractivity contribution is -0.387. The second-order valence-corrected chi connectivity index (χ2v) is 9.53. The number of imide groups is 1. The minimum absolute atomic E-state index is 0.164. The van der Waals surface area contributed by atoms with Crippen molar-refractivity contribution in [1.29, 1.82) is 0 Å². The van der Waals surface area contributed by atoms with Gasteiger partial charge in [0.25, 0.3) is 17.5 Å². The van der Waals surface area contributed by atoms with Gasteiger partial charge in [0.05, 0.1) is 16.1 Å². The Kier molecular flexibility index (Phi) is 7.90. The van der Waals surface area contributed by atoms with E-state index in [0.29, 0.717) is 50.0 Å². The van der Waals surface area contributed by atoms with Gasteiger partial charge < -0.3 is 4.90 Å². The lowest BCUT2D eigenvalue weighted by Gasteiger charge is -2.19. The van der Waals surface area contributed by atoms with Crippen LogP contribution in [0, 0.1) is 10.1 Å². The van der Waals surface area contributed by atoms with Crippen molar-refractivity contribution < 1.29 is 22.9 Å². The Bertz CT molecular complexity index is 1120. The SMILES string of the molecule is CN(CCCCNS(=O)(=O)c1ccccc1[N+](=O)[O-])CCCN1C(=O)c2ccccc2C1=O. The maximum absolute atomic E-state index is 12.4. The summed E-state index contributed by atoms with van der Waals surface area (Å²) in [6.07, 6.45) is 1.90. The van der Waals surface area contributed by atoms with Gasteiger partial charge in [0, 0.05) is 19.2 Å². The van der Waals surface area contributed by atoms with Crippen molar-refractivity contribution in [3.63, 3.8) is 0 Å². The first-order valence-electron chi connectivity index (χ1n) is 10.6. The fourth-order valence-corrected chi connectivity index (χ4v) is 4.92. The third-order valence-corrected chi connectivity index (χ3v) is 6.92. The molecule has 1 N–H and O–H groups in total. The molecule has 0 spiro atoms. The highest BCUT2D eigenvalue weighted by molar-refractivity contribution is 7.89. The van der Waals surface area contributed by atoms with Crippen LogP contribution in [0.25, 0.3) is 0 Å². The fourth-order valence-electron chi connectivity index (χ4n) is 3.68. The standard InChI is InChI=1S/C22H26N4O6S/c1-24(15-8-16-25-21(27)17-9-2-3-10-18(17)22(25)28)14-7-6-13-23-33(31,32)20-12-5-4-11-19(20)26(29)30/h2-5,9-12,23H,6-8,13-16H2,1H3. The van der Waals surface area contributed by atoms with Gasteiger partial charge in [0.15, 0.2) is 4.90 Å². The highest BCUT2D eigenvalue weighted by Gasteiger charge is 2.34. The van der Waals surface area contributed by atoms with Gasteiger partial charge in [0.1, 0.15) is 0 Å². The minimum Gasteiger partial charge on any atom is -0.306 e. The molecular weight excluding hydrogens is 448 g/mol. The van der Waals surface area contributed by atoms with Crippen molar-refractivity contribution in [2.24, 2.45) is 0 Å². The number of nitrogens with zero attached hydrogens (tertiary/aromatic N) is 3. The van der Waals surface area contributed by atoms with Crippen LogP contribution in [0.2, 0.25) is 0 Å². The molecule has 0 unspecified atom stereocenters. The Balaban J connectivity index is 1.36. The van der Waals surface area contributed by atoms with Crippen molar-refractivity contribution in [2.75, 3.05) is 33.2 Å². The second kappa shape index (κ2) is 10.6. The van der Waals surface area contributed by atoms with Crippen LogP contribution < -0.4 is 4.72 Å². The molecule has 0 fully saturated rings. The summed E-state index contributed by atoms with van der Waals surface area (Å²) in [5.41, 5.74) is 0.432. The van der Waals surface area contributed by atoms with E-state index in [-0.39, 0.29) is 23.3 Å². The molecule has 0 saturated carbocycles. The van der Waals surface area contributed by atoms with Crippen molar-refractivity contribution in [1.82, 2.24) is 14.5 Å². The van der Waals surface area contributed by atoms with Gasteiger partial charge in [0.2, 0.25) is 10.0 Å². The van der Waals surface area contributed by atoms with E-state index < -0.39 is 20.6 Å². The molecule has 10 nitrogen and oxygen atoms in total. The largest absolute Gasteiger partial charge is 0.306 e. The van der Waals surface area contributed by atoms with E-state index in [0.717, 1.165) is 6.07 Å². The third kappa shape index (κ3) is 5.81. The number of hydrogen-bond acceptors (Lipinski definition) is 7. The first-order valence-corrected chi connectivity index (χ1v) is 12.1. The molecule has 2 aromatic carbocycles. The van der Waals surface area contributed by atoms with E-state index in [9.17, 15) is 28.1 Å². The predicted molar refractivity (Wildman–Crippen MR) is 121 cm³/mol. The molecule has 176 valence electrons. The molecule has 0 radical (unpaired) electrons. The van der Waals surface area contributed by atoms with Crippen molar-refractivity contribution >= 4 is 27.5 Å². The number of amides is 2. The molecular formula is C22H26N4O6S. The number of para-hydroxylation sites is 1. The molecule has 11 heteroatoms. The van der Waals surface area contributed by atoms with Crippen LogP contribution in [0.4, 0.5) is 5.69 Å². The number of nitro groups is 1. The zero-order valence-corrected chi connectivity index (χ0v) is 19.1. The van der Waals surface area contributed by atoms with Crippen LogP contribution in [-0.2, 0) is 10.0 Å². The summed E-state index contributed by atoms with van der Waals surface area (Å²) in [7, 11) is -2.05. The Morgan fingerprint density at radius 3 is 2.15 bits per heavy atom. The average molecular weight is 475 g/mol. The fraction of sp³-hybridized carbons (Fsp3) is 0.364. The van der Waals surface area contributed by atoms with Gasteiger partial charge in [-0.15, -0.1) is 0 Å². The molecule has 1 heterocycles. The summed E-state index contributed by atoms with van der Waals surface area (Å²) < 4.78 is 27.2. The highest BCUT2D eigenvalue weighted by Crippen LogP contribution is 2.23. The molecule has 33 heavy (non-hydrogen) atoms. The molecule has 2 aromatic rings. The van der Waals surface area contributed by atoms with Crippen molar-refractivity contribution in [2.45, 2.75) is 24.2 Å². The van der Waals surface area contributed by atoms with Crippen LogP contribution in [0.1, 0.15) is 40.0 Å². The number of nitrogens with one attached hydrogen (secondary N) is 1. The maximum atomic E-state index is 12.4. The van der Waals surface area contributed by atoms with Crippen molar-refractivity contribution in [3.8, 4) is 0 Å². The highest BCUT2D eigenvalue weighted by atomic mass is 32.2. The van der Waals surface area contributed by atoms with E-state index >= 15 is 0 Å². The monoisotopic (exact) mass is 474 g/mol. The second-order valence-electron chi connectivity index (χ2n) is 7.79. The number of carbonyl (C=O) groups excluding carboxylic acids is 2. The average Bonchev–Trinajstić information content (AvgIpc) is 3.04. The Morgan fingerprint density at radius 2 is 1.52 bits per heavy atom. The van der Waals surface area contributed by atoms with Gasteiger partial charge in [-0.05, 0) is 57.6 Å². The summed E-state index contributed by atoms with van der Waals surface area (Å²) in [6.45, 7) is 1.88. The number of unbranched alkanes of at least 4 members (excludes halogenated alkanes) is 1. The summed E-state index contributed by atoms with van der Waals surface area (Å²) in [5, 5.41) is 11.1. The quantitative estimate of drug-likeness (QED) is 0.216. The van der Waals surface area contributed by atoms with E-state index in [4.69, 9.17) is 0 Å². The first kappa shape index (κ1) is 24.5. The summed E-state index contributed by atoms with van der Waals surface area (Å²) in [5.74, 6) is -0.520. The van der Waals surface area contributed by atoms with Crippen LogP contribution in [0.15, 0.2) is 53.4 Å². The number of fused-ring (bicyclic) bond motifs is 1. The Hall–Kier alpha value is -3.15. The number of benzene rings is 2. The van der Waals surface area contributed by atoms with Crippen LogP contribution in [0.5, 0.6) is 0 Å². The molecule has 2 amide bonds. The molecule has 0 aliphatic carbocycles. The molecule has 1 aliphatic heterocycles.